The van der Waals surface area contributed by atoms with Crippen molar-refractivity contribution in [1.82, 2.24) is 15.3 Å². The number of carbonyl (C=O) groups is 1. The topological polar surface area (TPSA) is 73.3 Å². The van der Waals surface area contributed by atoms with E-state index < -0.39 is 6.61 Å². The van der Waals surface area contributed by atoms with Gasteiger partial charge in [-0.2, -0.15) is 8.78 Å². The third-order valence-corrected chi connectivity index (χ3v) is 4.79. The number of fused-ring (bicyclic) bond motifs is 1. The van der Waals surface area contributed by atoms with E-state index in [1.54, 1.807) is 12.1 Å². The van der Waals surface area contributed by atoms with Gasteiger partial charge in [0.15, 0.2) is 11.5 Å². The molecule has 146 valence electrons. The molecule has 0 atom stereocenters. The molecule has 3 rings (SSSR count). The first-order valence-corrected chi connectivity index (χ1v) is 9.26. The van der Waals surface area contributed by atoms with E-state index in [-0.39, 0.29) is 29.7 Å². The van der Waals surface area contributed by atoms with Crippen molar-refractivity contribution in [2.75, 3.05) is 12.9 Å². The Hall–Kier alpha value is -2.94. The van der Waals surface area contributed by atoms with E-state index in [1.807, 2.05) is 24.3 Å². The first kappa shape index (κ1) is 19.8. The standard InChI is InChI=1S/C19H17F2N3O3S/c1-26-16-8-12(6-7-15(16)27-19(20)21)9-22-17(25)10-28-18-13-4-2-3-5-14(13)23-11-24-18/h2-8,11,19H,9-10H2,1H3,(H,22,25). The van der Waals surface area contributed by atoms with E-state index in [0.717, 1.165) is 15.9 Å². The number of amides is 1. The molecule has 28 heavy (non-hydrogen) atoms. The lowest BCUT2D eigenvalue weighted by Crippen LogP contribution is -2.24. The van der Waals surface area contributed by atoms with Crippen LogP contribution in [0.3, 0.4) is 0 Å². The summed E-state index contributed by atoms with van der Waals surface area (Å²) in [4.78, 5) is 20.6. The number of nitrogens with zero attached hydrogens (tertiary/aromatic N) is 2. The van der Waals surface area contributed by atoms with Crippen molar-refractivity contribution in [2.24, 2.45) is 0 Å². The molecule has 3 aromatic rings. The van der Waals surface area contributed by atoms with Gasteiger partial charge in [-0.15, -0.1) is 0 Å². The number of hydrogen-bond acceptors (Lipinski definition) is 6. The van der Waals surface area contributed by atoms with Crippen molar-refractivity contribution in [3.8, 4) is 11.5 Å². The minimum absolute atomic E-state index is 0.0567. The van der Waals surface area contributed by atoms with Gasteiger partial charge in [0.1, 0.15) is 11.4 Å². The molecule has 1 amide bonds. The van der Waals surface area contributed by atoms with E-state index in [4.69, 9.17) is 4.74 Å². The van der Waals surface area contributed by atoms with Gasteiger partial charge < -0.3 is 14.8 Å². The van der Waals surface area contributed by atoms with Crippen LogP contribution in [0.15, 0.2) is 53.8 Å². The van der Waals surface area contributed by atoms with Crippen LogP contribution in [0.25, 0.3) is 10.9 Å². The first-order valence-electron chi connectivity index (χ1n) is 8.28. The summed E-state index contributed by atoms with van der Waals surface area (Å²) in [6, 6.07) is 12.1. The molecular weight excluding hydrogens is 388 g/mol. The highest BCUT2D eigenvalue weighted by Crippen LogP contribution is 2.29. The lowest BCUT2D eigenvalue weighted by Gasteiger charge is -2.12. The molecule has 1 heterocycles. The fourth-order valence-electron chi connectivity index (χ4n) is 2.50. The Balaban J connectivity index is 1.57. The minimum atomic E-state index is -2.94. The normalized spacial score (nSPS) is 10.9. The summed E-state index contributed by atoms with van der Waals surface area (Å²) in [5.74, 6) is 0.122. The van der Waals surface area contributed by atoms with Gasteiger partial charge in [-0.3, -0.25) is 4.79 Å². The highest BCUT2D eigenvalue weighted by molar-refractivity contribution is 8.00. The van der Waals surface area contributed by atoms with Crippen LogP contribution in [0.1, 0.15) is 5.56 Å². The van der Waals surface area contributed by atoms with Crippen molar-refractivity contribution < 1.29 is 23.0 Å². The zero-order valence-corrected chi connectivity index (χ0v) is 15.7. The molecule has 0 fully saturated rings. The Kier molecular flexibility index (Phi) is 6.59. The average molecular weight is 405 g/mol. The second-order valence-electron chi connectivity index (χ2n) is 5.63. The van der Waals surface area contributed by atoms with Crippen molar-refractivity contribution in [3.63, 3.8) is 0 Å². The Bertz CT molecular complexity index is 967. The summed E-state index contributed by atoms with van der Waals surface area (Å²) in [6.45, 7) is -2.70. The maximum atomic E-state index is 12.4. The third kappa shape index (κ3) is 5.07. The van der Waals surface area contributed by atoms with Crippen LogP contribution in [0.2, 0.25) is 0 Å². The van der Waals surface area contributed by atoms with Gasteiger partial charge in [-0.25, -0.2) is 9.97 Å². The molecule has 0 saturated heterocycles. The summed E-state index contributed by atoms with van der Waals surface area (Å²) in [6.07, 6.45) is 1.47. The van der Waals surface area contributed by atoms with Crippen molar-refractivity contribution in [1.29, 1.82) is 0 Å². The maximum Gasteiger partial charge on any atom is 0.387 e. The van der Waals surface area contributed by atoms with Gasteiger partial charge in [-0.1, -0.05) is 36.0 Å². The fourth-order valence-corrected chi connectivity index (χ4v) is 3.32. The molecule has 1 N–H and O–H groups in total. The highest BCUT2D eigenvalue weighted by atomic mass is 32.2. The summed E-state index contributed by atoms with van der Waals surface area (Å²) in [7, 11) is 1.36. The van der Waals surface area contributed by atoms with E-state index >= 15 is 0 Å². The Morgan fingerprint density at radius 1 is 1.18 bits per heavy atom. The molecule has 0 aliphatic heterocycles. The molecule has 0 aliphatic carbocycles. The molecular formula is C19H17F2N3O3S. The molecule has 6 nitrogen and oxygen atoms in total. The lowest BCUT2D eigenvalue weighted by molar-refractivity contribution is -0.118. The number of thioether (sulfide) groups is 1. The second kappa shape index (κ2) is 9.32. The number of benzene rings is 2. The molecule has 0 aliphatic rings. The molecule has 2 aromatic carbocycles. The quantitative estimate of drug-likeness (QED) is 0.456. The third-order valence-electron chi connectivity index (χ3n) is 3.78. The van der Waals surface area contributed by atoms with Crippen LogP contribution in [-0.2, 0) is 11.3 Å². The summed E-state index contributed by atoms with van der Waals surface area (Å²) < 4.78 is 34.2. The monoisotopic (exact) mass is 405 g/mol. The summed E-state index contributed by atoms with van der Waals surface area (Å²) in [5, 5.41) is 4.40. The van der Waals surface area contributed by atoms with E-state index in [1.165, 1.54) is 31.3 Å². The number of nitrogens with one attached hydrogen (secondary N) is 1. The van der Waals surface area contributed by atoms with Crippen LogP contribution < -0.4 is 14.8 Å². The predicted molar refractivity (Wildman–Crippen MR) is 102 cm³/mol. The van der Waals surface area contributed by atoms with E-state index in [2.05, 4.69) is 20.0 Å². The van der Waals surface area contributed by atoms with E-state index in [9.17, 15) is 13.6 Å². The predicted octanol–water partition coefficient (Wildman–Crippen LogP) is 3.65. The van der Waals surface area contributed by atoms with Gasteiger partial charge in [0.2, 0.25) is 5.91 Å². The molecule has 0 spiro atoms. The van der Waals surface area contributed by atoms with Gasteiger partial charge in [0, 0.05) is 11.9 Å². The summed E-state index contributed by atoms with van der Waals surface area (Å²) >= 11 is 1.32. The fraction of sp³-hybridized carbons (Fsp3) is 0.211. The number of ether oxygens (including phenoxy) is 2. The molecule has 0 radical (unpaired) electrons. The maximum absolute atomic E-state index is 12.4. The van der Waals surface area contributed by atoms with Crippen LogP contribution in [0.5, 0.6) is 11.5 Å². The number of methoxy groups -OCH3 is 1. The van der Waals surface area contributed by atoms with Crippen LogP contribution in [-0.4, -0.2) is 35.3 Å². The van der Waals surface area contributed by atoms with Gasteiger partial charge >= 0.3 is 6.61 Å². The first-order chi connectivity index (χ1) is 13.6. The second-order valence-corrected chi connectivity index (χ2v) is 6.59. The van der Waals surface area contributed by atoms with E-state index in [0.29, 0.717) is 5.56 Å². The average Bonchev–Trinajstić information content (AvgIpc) is 2.71. The number of halogens is 2. The van der Waals surface area contributed by atoms with Crippen LogP contribution >= 0.6 is 11.8 Å². The number of carbonyl (C=O) groups excluding carboxylic acids is 1. The summed E-state index contributed by atoms with van der Waals surface area (Å²) in [5.41, 5.74) is 1.52. The van der Waals surface area contributed by atoms with Crippen LogP contribution in [0.4, 0.5) is 8.78 Å². The van der Waals surface area contributed by atoms with Crippen molar-refractivity contribution in [3.05, 3.63) is 54.4 Å². The minimum Gasteiger partial charge on any atom is -0.493 e. The van der Waals surface area contributed by atoms with Crippen molar-refractivity contribution >= 4 is 28.6 Å². The number of aromatic nitrogens is 2. The molecule has 1 aromatic heterocycles. The molecule has 0 saturated carbocycles. The van der Waals surface area contributed by atoms with Gasteiger partial charge in [0.05, 0.1) is 18.4 Å². The Morgan fingerprint density at radius 2 is 2.00 bits per heavy atom. The Labute approximate surface area is 164 Å². The lowest BCUT2D eigenvalue weighted by atomic mass is 10.2. The van der Waals surface area contributed by atoms with Gasteiger partial charge in [0.25, 0.3) is 0 Å². The number of para-hydroxylation sites is 1. The smallest absolute Gasteiger partial charge is 0.387 e. The Morgan fingerprint density at radius 3 is 2.79 bits per heavy atom. The largest absolute Gasteiger partial charge is 0.493 e. The highest BCUT2D eigenvalue weighted by Gasteiger charge is 2.12. The molecule has 0 unspecified atom stereocenters. The molecule has 0 bridgehead atoms. The van der Waals surface area contributed by atoms with Crippen LogP contribution in [0, 0.1) is 0 Å². The number of hydrogen-bond donors (Lipinski definition) is 1. The van der Waals surface area contributed by atoms with Crippen molar-refractivity contribution in [2.45, 2.75) is 18.2 Å². The number of rotatable bonds is 8. The zero-order valence-electron chi connectivity index (χ0n) is 14.9. The SMILES string of the molecule is COc1cc(CNC(=O)CSc2ncnc3ccccc23)ccc1OC(F)F. The zero-order chi connectivity index (χ0) is 19.9. The number of alkyl halides is 2. The molecule has 9 heteroatoms. The van der Waals surface area contributed by atoms with Gasteiger partial charge in [-0.05, 0) is 23.8 Å².